The molecule has 0 saturated heterocycles. The van der Waals surface area contributed by atoms with E-state index in [9.17, 15) is 4.39 Å². The standard InChI is InChI=1S/C14H13FN2O/c1-9-4-2-3-5-12(9)18-13-7-6-10(15)8-11(13)14(16)17/h2-8H,1H3,(H3,16,17). The number of rotatable bonds is 3. The highest BCUT2D eigenvalue weighted by atomic mass is 19.1. The number of ether oxygens (including phenoxy) is 1. The topological polar surface area (TPSA) is 59.1 Å². The average molecular weight is 244 g/mol. The highest BCUT2D eigenvalue weighted by Crippen LogP contribution is 2.27. The first-order chi connectivity index (χ1) is 8.58. The second kappa shape index (κ2) is 4.87. The van der Waals surface area contributed by atoms with E-state index in [1.54, 1.807) is 0 Å². The molecule has 0 fully saturated rings. The van der Waals surface area contributed by atoms with Crippen molar-refractivity contribution in [2.45, 2.75) is 6.92 Å². The van der Waals surface area contributed by atoms with Crippen molar-refractivity contribution < 1.29 is 9.13 Å². The molecule has 0 bridgehead atoms. The Kier molecular flexibility index (Phi) is 3.28. The van der Waals surface area contributed by atoms with Crippen LogP contribution in [0, 0.1) is 18.2 Å². The van der Waals surface area contributed by atoms with Crippen molar-refractivity contribution in [1.82, 2.24) is 0 Å². The molecule has 4 heteroatoms. The minimum absolute atomic E-state index is 0.224. The lowest BCUT2D eigenvalue weighted by atomic mass is 10.1. The molecule has 2 aromatic rings. The molecule has 92 valence electrons. The van der Waals surface area contributed by atoms with Gasteiger partial charge in [-0.1, -0.05) is 18.2 Å². The van der Waals surface area contributed by atoms with Crippen molar-refractivity contribution in [2.24, 2.45) is 5.73 Å². The highest BCUT2D eigenvalue weighted by molar-refractivity contribution is 5.97. The Hall–Kier alpha value is -2.36. The summed E-state index contributed by atoms with van der Waals surface area (Å²) >= 11 is 0. The first kappa shape index (κ1) is 12.1. The predicted molar refractivity (Wildman–Crippen MR) is 68.7 cm³/mol. The zero-order valence-electron chi connectivity index (χ0n) is 9.91. The molecule has 0 aliphatic carbocycles. The molecule has 0 spiro atoms. The summed E-state index contributed by atoms with van der Waals surface area (Å²) in [4.78, 5) is 0. The number of nitrogen functional groups attached to an aromatic ring is 1. The zero-order valence-corrected chi connectivity index (χ0v) is 9.91. The third kappa shape index (κ3) is 2.48. The third-order valence-electron chi connectivity index (χ3n) is 2.55. The van der Waals surface area contributed by atoms with E-state index in [4.69, 9.17) is 15.9 Å². The molecule has 3 nitrogen and oxygen atoms in total. The van der Waals surface area contributed by atoms with Gasteiger partial charge in [0.05, 0.1) is 5.56 Å². The number of hydrogen-bond acceptors (Lipinski definition) is 2. The van der Waals surface area contributed by atoms with E-state index < -0.39 is 5.82 Å². The van der Waals surface area contributed by atoms with Crippen molar-refractivity contribution in [3.05, 3.63) is 59.4 Å². The number of hydrogen-bond donors (Lipinski definition) is 2. The Morgan fingerprint density at radius 2 is 1.89 bits per heavy atom. The van der Waals surface area contributed by atoms with E-state index in [-0.39, 0.29) is 11.4 Å². The summed E-state index contributed by atoms with van der Waals surface area (Å²) in [6.07, 6.45) is 0. The van der Waals surface area contributed by atoms with Crippen LogP contribution in [-0.4, -0.2) is 5.84 Å². The fraction of sp³-hybridized carbons (Fsp3) is 0.0714. The fourth-order valence-corrected chi connectivity index (χ4v) is 1.59. The molecule has 2 aromatic carbocycles. The average Bonchev–Trinajstić information content (AvgIpc) is 2.34. The number of amidine groups is 1. The van der Waals surface area contributed by atoms with Gasteiger partial charge in [0, 0.05) is 0 Å². The van der Waals surface area contributed by atoms with Crippen LogP contribution < -0.4 is 10.5 Å². The van der Waals surface area contributed by atoms with Crippen LogP contribution in [0.4, 0.5) is 4.39 Å². The highest BCUT2D eigenvalue weighted by Gasteiger charge is 2.10. The molecule has 0 aliphatic heterocycles. The van der Waals surface area contributed by atoms with Gasteiger partial charge in [0.15, 0.2) is 0 Å². The van der Waals surface area contributed by atoms with Gasteiger partial charge < -0.3 is 10.5 Å². The van der Waals surface area contributed by atoms with E-state index >= 15 is 0 Å². The molecule has 0 heterocycles. The van der Waals surface area contributed by atoms with Crippen molar-refractivity contribution in [2.75, 3.05) is 0 Å². The van der Waals surface area contributed by atoms with Crippen LogP contribution in [0.25, 0.3) is 0 Å². The zero-order chi connectivity index (χ0) is 13.1. The summed E-state index contributed by atoms with van der Waals surface area (Å²) < 4.78 is 18.8. The molecule has 0 saturated carbocycles. The molecule has 0 unspecified atom stereocenters. The Balaban J connectivity index is 2.41. The van der Waals surface area contributed by atoms with Crippen LogP contribution in [0.2, 0.25) is 0 Å². The molecule has 2 rings (SSSR count). The Morgan fingerprint density at radius 1 is 1.17 bits per heavy atom. The molecular weight excluding hydrogens is 231 g/mol. The summed E-state index contributed by atoms with van der Waals surface area (Å²) in [5.41, 5.74) is 6.62. The monoisotopic (exact) mass is 244 g/mol. The molecule has 0 amide bonds. The first-order valence-electron chi connectivity index (χ1n) is 5.45. The van der Waals surface area contributed by atoms with Crippen LogP contribution in [-0.2, 0) is 0 Å². The summed E-state index contributed by atoms with van der Waals surface area (Å²) in [7, 11) is 0. The third-order valence-corrected chi connectivity index (χ3v) is 2.55. The second-order valence-corrected chi connectivity index (χ2v) is 3.92. The van der Waals surface area contributed by atoms with Gasteiger partial charge in [-0.15, -0.1) is 0 Å². The number of para-hydroxylation sites is 1. The smallest absolute Gasteiger partial charge is 0.138 e. The normalized spacial score (nSPS) is 10.1. The predicted octanol–water partition coefficient (Wildman–Crippen LogP) is 3.21. The van der Waals surface area contributed by atoms with Gasteiger partial charge in [0.25, 0.3) is 0 Å². The maximum absolute atomic E-state index is 13.1. The SMILES string of the molecule is Cc1ccccc1Oc1ccc(F)cc1C(=N)N. The summed E-state index contributed by atoms with van der Waals surface area (Å²) in [5, 5.41) is 7.42. The number of halogens is 1. The van der Waals surface area contributed by atoms with Crippen molar-refractivity contribution >= 4 is 5.84 Å². The van der Waals surface area contributed by atoms with Gasteiger partial charge >= 0.3 is 0 Å². The number of aryl methyl sites for hydroxylation is 1. The fourth-order valence-electron chi connectivity index (χ4n) is 1.59. The van der Waals surface area contributed by atoms with E-state index in [0.717, 1.165) is 5.56 Å². The van der Waals surface area contributed by atoms with Gasteiger partial charge in [-0.3, -0.25) is 5.41 Å². The number of benzene rings is 2. The van der Waals surface area contributed by atoms with Gasteiger partial charge in [0.2, 0.25) is 0 Å². The van der Waals surface area contributed by atoms with E-state index in [1.807, 2.05) is 31.2 Å². The first-order valence-corrected chi connectivity index (χ1v) is 5.45. The molecule has 0 atom stereocenters. The summed E-state index contributed by atoms with van der Waals surface area (Å²) in [6, 6.07) is 11.4. The quantitative estimate of drug-likeness (QED) is 0.643. The van der Waals surface area contributed by atoms with Crippen LogP contribution in [0.5, 0.6) is 11.5 Å². The van der Waals surface area contributed by atoms with Crippen molar-refractivity contribution in [3.8, 4) is 11.5 Å². The Labute approximate surface area is 105 Å². The maximum atomic E-state index is 13.1. The van der Waals surface area contributed by atoms with Gasteiger partial charge in [0.1, 0.15) is 23.2 Å². The van der Waals surface area contributed by atoms with Crippen LogP contribution in [0.1, 0.15) is 11.1 Å². The minimum atomic E-state index is -0.447. The lowest BCUT2D eigenvalue weighted by molar-refractivity contribution is 0.475. The molecule has 3 N–H and O–H groups in total. The maximum Gasteiger partial charge on any atom is 0.138 e. The van der Waals surface area contributed by atoms with Crippen LogP contribution >= 0.6 is 0 Å². The summed E-state index contributed by atoms with van der Waals surface area (Å²) in [6.45, 7) is 1.91. The Bertz CT molecular complexity index is 596. The summed E-state index contributed by atoms with van der Waals surface area (Å²) in [5.74, 6) is 0.361. The minimum Gasteiger partial charge on any atom is -0.456 e. The number of nitrogens with two attached hydrogens (primary N) is 1. The molecular formula is C14H13FN2O. The van der Waals surface area contributed by atoms with E-state index in [1.165, 1.54) is 18.2 Å². The molecule has 18 heavy (non-hydrogen) atoms. The van der Waals surface area contributed by atoms with Gasteiger partial charge in [-0.2, -0.15) is 0 Å². The second-order valence-electron chi connectivity index (χ2n) is 3.92. The molecule has 0 radical (unpaired) electrons. The lowest BCUT2D eigenvalue weighted by Crippen LogP contribution is -2.12. The molecule has 0 aliphatic rings. The van der Waals surface area contributed by atoms with Gasteiger partial charge in [-0.25, -0.2) is 4.39 Å². The van der Waals surface area contributed by atoms with E-state index in [0.29, 0.717) is 11.5 Å². The van der Waals surface area contributed by atoms with Crippen LogP contribution in [0.15, 0.2) is 42.5 Å². The number of nitrogens with one attached hydrogen (secondary N) is 1. The van der Waals surface area contributed by atoms with Crippen LogP contribution in [0.3, 0.4) is 0 Å². The lowest BCUT2D eigenvalue weighted by Gasteiger charge is -2.12. The largest absolute Gasteiger partial charge is 0.456 e. The van der Waals surface area contributed by atoms with Gasteiger partial charge in [-0.05, 0) is 36.8 Å². The Morgan fingerprint density at radius 3 is 2.56 bits per heavy atom. The van der Waals surface area contributed by atoms with E-state index in [2.05, 4.69) is 0 Å². The van der Waals surface area contributed by atoms with Crippen molar-refractivity contribution in [3.63, 3.8) is 0 Å². The van der Waals surface area contributed by atoms with Crippen molar-refractivity contribution in [1.29, 1.82) is 5.41 Å². The molecule has 0 aromatic heterocycles.